The minimum atomic E-state index is -0.318. The quantitative estimate of drug-likeness (QED) is 0.690. The van der Waals surface area contributed by atoms with Crippen molar-refractivity contribution in [1.82, 2.24) is 10.5 Å². The lowest BCUT2D eigenvalue weighted by molar-refractivity contribution is 0.0210. The molecule has 0 saturated carbocycles. The molecule has 0 aliphatic rings. The molecule has 0 radical (unpaired) electrons. The number of hydrogen-bond donors (Lipinski definition) is 1. The van der Waals surface area contributed by atoms with E-state index in [9.17, 15) is 4.79 Å². The van der Waals surface area contributed by atoms with Crippen LogP contribution in [0.3, 0.4) is 0 Å². The third kappa shape index (κ3) is 3.43. The van der Waals surface area contributed by atoms with Gasteiger partial charge in [-0.05, 0) is 18.1 Å². The van der Waals surface area contributed by atoms with Crippen LogP contribution in [0.5, 0.6) is 0 Å². The Balaban J connectivity index is 2.26. The van der Waals surface area contributed by atoms with E-state index in [-0.39, 0.29) is 11.1 Å². The molecule has 1 heterocycles. The molecule has 0 aliphatic carbocycles. The smallest absolute Gasteiger partial charge is 0.273 e. The Morgan fingerprint density at radius 1 is 1.42 bits per heavy atom. The molecular weight excluding hydrogens is 264 g/mol. The number of carbonyl (C=O) groups excluding carboxylic acids is 1. The van der Waals surface area contributed by atoms with Crippen molar-refractivity contribution in [3.63, 3.8) is 0 Å². The lowest BCUT2D eigenvalue weighted by atomic mass is 10.1. The van der Waals surface area contributed by atoms with Gasteiger partial charge in [0.25, 0.3) is 5.91 Å². The van der Waals surface area contributed by atoms with Gasteiger partial charge < -0.3 is 0 Å². The summed E-state index contributed by atoms with van der Waals surface area (Å²) >= 11 is 5.92. The summed E-state index contributed by atoms with van der Waals surface area (Å²) in [4.78, 5) is 21.4. The molecule has 1 aromatic heterocycles. The minimum absolute atomic E-state index is 0.285. The van der Waals surface area contributed by atoms with E-state index < -0.39 is 0 Å². The first-order chi connectivity index (χ1) is 9.08. The van der Waals surface area contributed by atoms with Gasteiger partial charge in [0.1, 0.15) is 5.15 Å². The van der Waals surface area contributed by atoms with Gasteiger partial charge >= 0.3 is 0 Å². The molecule has 5 heteroatoms. The van der Waals surface area contributed by atoms with Crippen LogP contribution in [-0.4, -0.2) is 17.5 Å². The normalized spacial score (nSPS) is 10.9. The van der Waals surface area contributed by atoms with Crippen molar-refractivity contribution in [1.29, 1.82) is 0 Å². The molecule has 1 N–H and O–H groups in total. The van der Waals surface area contributed by atoms with E-state index in [0.717, 1.165) is 5.39 Å². The molecule has 4 nitrogen and oxygen atoms in total. The Labute approximate surface area is 116 Å². The van der Waals surface area contributed by atoms with Gasteiger partial charge in [-0.2, -0.15) is 0 Å². The van der Waals surface area contributed by atoms with Gasteiger partial charge in [-0.25, -0.2) is 10.5 Å². The predicted octanol–water partition coefficient (Wildman–Crippen LogP) is 3.21. The summed E-state index contributed by atoms with van der Waals surface area (Å²) in [5.74, 6) is 0.0271. The van der Waals surface area contributed by atoms with E-state index in [2.05, 4.69) is 10.5 Å². The number of aromatic nitrogens is 1. The maximum absolute atomic E-state index is 12.1. The molecule has 0 bridgehead atoms. The Kier molecular flexibility index (Phi) is 4.35. The zero-order chi connectivity index (χ0) is 13.8. The van der Waals surface area contributed by atoms with Crippen LogP contribution in [-0.2, 0) is 4.84 Å². The topological polar surface area (TPSA) is 51.2 Å². The molecule has 0 fully saturated rings. The van der Waals surface area contributed by atoms with Crippen molar-refractivity contribution >= 4 is 28.4 Å². The van der Waals surface area contributed by atoms with Crippen LogP contribution < -0.4 is 5.48 Å². The Morgan fingerprint density at radius 2 is 2.16 bits per heavy atom. The van der Waals surface area contributed by atoms with Gasteiger partial charge in [0.05, 0.1) is 17.7 Å². The number of amides is 1. The van der Waals surface area contributed by atoms with Crippen molar-refractivity contribution in [2.24, 2.45) is 5.92 Å². The van der Waals surface area contributed by atoms with Crippen LogP contribution in [0, 0.1) is 5.92 Å². The number of benzene rings is 1. The zero-order valence-corrected chi connectivity index (χ0v) is 11.6. The minimum Gasteiger partial charge on any atom is -0.273 e. The van der Waals surface area contributed by atoms with E-state index in [0.29, 0.717) is 23.6 Å². The number of hydroxylamine groups is 1. The standard InChI is InChI=1S/C14H15ClN2O2/c1-9(2)8-19-17-14(18)11-7-13(15)16-12-6-4-3-5-10(11)12/h3-7,9H,8H2,1-2H3,(H,17,18). The summed E-state index contributed by atoms with van der Waals surface area (Å²) in [6, 6.07) is 8.88. The second-order valence-corrected chi connectivity index (χ2v) is 5.03. The summed E-state index contributed by atoms with van der Waals surface area (Å²) in [7, 11) is 0. The highest BCUT2D eigenvalue weighted by Gasteiger charge is 2.12. The van der Waals surface area contributed by atoms with Crippen LogP contribution in [0.1, 0.15) is 24.2 Å². The maximum Gasteiger partial charge on any atom is 0.275 e. The monoisotopic (exact) mass is 278 g/mol. The van der Waals surface area contributed by atoms with Crippen LogP contribution in [0.25, 0.3) is 10.9 Å². The molecule has 0 saturated heterocycles. The van der Waals surface area contributed by atoms with E-state index >= 15 is 0 Å². The number of carbonyl (C=O) groups is 1. The third-order valence-electron chi connectivity index (χ3n) is 2.51. The van der Waals surface area contributed by atoms with Crippen molar-refractivity contribution in [2.45, 2.75) is 13.8 Å². The van der Waals surface area contributed by atoms with Gasteiger partial charge in [-0.15, -0.1) is 0 Å². The Morgan fingerprint density at radius 3 is 2.89 bits per heavy atom. The van der Waals surface area contributed by atoms with E-state index in [1.54, 1.807) is 0 Å². The van der Waals surface area contributed by atoms with Gasteiger partial charge in [-0.3, -0.25) is 9.63 Å². The SMILES string of the molecule is CC(C)CONC(=O)c1cc(Cl)nc2ccccc12. The summed E-state index contributed by atoms with van der Waals surface area (Å²) < 4.78 is 0. The number of hydrogen-bond acceptors (Lipinski definition) is 3. The Bertz CT molecular complexity index is 599. The van der Waals surface area contributed by atoms with Crippen molar-refractivity contribution < 1.29 is 9.63 Å². The molecule has 0 spiro atoms. The first kappa shape index (κ1) is 13.8. The highest BCUT2D eigenvalue weighted by Crippen LogP contribution is 2.20. The molecule has 2 aromatic rings. The van der Waals surface area contributed by atoms with Crippen LogP contribution >= 0.6 is 11.6 Å². The Hall–Kier alpha value is -1.65. The van der Waals surface area contributed by atoms with Crippen LogP contribution in [0.15, 0.2) is 30.3 Å². The number of fused-ring (bicyclic) bond motifs is 1. The number of rotatable bonds is 4. The summed E-state index contributed by atoms with van der Waals surface area (Å²) in [6.45, 7) is 4.47. The second-order valence-electron chi connectivity index (χ2n) is 4.65. The van der Waals surface area contributed by atoms with Gasteiger partial charge in [-0.1, -0.05) is 43.6 Å². The number of para-hydroxylation sites is 1. The lowest BCUT2D eigenvalue weighted by Crippen LogP contribution is -2.25. The largest absolute Gasteiger partial charge is 0.275 e. The number of nitrogens with zero attached hydrogens (tertiary/aromatic N) is 1. The highest BCUT2D eigenvalue weighted by molar-refractivity contribution is 6.30. The zero-order valence-electron chi connectivity index (χ0n) is 10.8. The molecular formula is C14H15ClN2O2. The van der Waals surface area contributed by atoms with Gasteiger partial charge in [0.15, 0.2) is 0 Å². The highest BCUT2D eigenvalue weighted by atomic mass is 35.5. The van der Waals surface area contributed by atoms with E-state index in [1.165, 1.54) is 6.07 Å². The van der Waals surface area contributed by atoms with Crippen LogP contribution in [0.4, 0.5) is 0 Å². The molecule has 0 atom stereocenters. The molecule has 0 unspecified atom stereocenters. The van der Waals surface area contributed by atoms with Crippen LogP contribution in [0.2, 0.25) is 5.15 Å². The third-order valence-corrected chi connectivity index (χ3v) is 2.70. The first-order valence-corrected chi connectivity index (χ1v) is 6.43. The van der Waals surface area contributed by atoms with Gasteiger partial charge in [0, 0.05) is 5.39 Å². The summed E-state index contributed by atoms with van der Waals surface area (Å²) in [5, 5.41) is 1.03. The number of pyridine rings is 1. The van der Waals surface area contributed by atoms with Crippen molar-refractivity contribution in [2.75, 3.05) is 6.61 Å². The molecule has 19 heavy (non-hydrogen) atoms. The predicted molar refractivity (Wildman–Crippen MR) is 75.0 cm³/mol. The molecule has 2 rings (SSSR count). The fourth-order valence-corrected chi connectivity index (χ4v) is 1.86. The second kappa shape index (κ2) is 5.99. The van der Waals surface area contributed by atoms with Gasteiger partial charge in [0.2, 0.25) is 0 Å². The van der Waals surface area contributed by atoms with E-state index in [1.807, 2.05) is 38.1 Å². The number of halogens is 1. The average Bonchev–Trinajstić information content (AvgIpc) is 2.37. The molecule has 1 amide bonds. The number of nitrogens with one attached hydrogen (secondary N) is 1. The lowest BCUT2D eigenvalue weighted by Gasteiger charge is -2.09. The first-order valence-electron chi connectivity index (χ1n) is 6.05. The fraction of sp³-hybridized carbons (Fsp3) is 0.286. The molecule has 0 aliphatic heterocycles. The van der Waals surface area contributed by atoms with E-state index in [4.69, 9.17) is 16.4 Å². The van der Waals surface area contributed by atoms with Crippen molar-refractivity contribution in [3.05, 3.63) is 41.0 Å². The van der Waals surface area contributed by atoms with Crippen molar-refractivity contribution in [3.8, 4) is 0 Å². The average molecular weight is 279 g/mol. The summed E-state index contributed by atoms with van der Waals surface area (Å²) in [6.07, 6.45) is 0. The molecule has 100 valence electrons. The fourth-order valence-electron chi connectivity index (χ4n) is 1.66. The maximum atomic E-state index is 12.1. The summed E-state index contributed by atoms with van der Waals surface area (Å²) in [5.41, 5.74) is 3.57. The molecule has 1 aromatic carbocycles.